The Kier molecular flexibility index (Phi) is 24.0. The Bertz CT molecular complexity index is 285. The Labute approximate surface area is 199 Å². The Morgan fingerprint density at radius 1 is 0.370 bits per heavy atom. The smallest absolute Gasteiger partial charge is 0.126 e. The van der Waals surface area contributed by atoms with Crippen LogP contribution >= 0.6 is 55.8 Å². The van der Waals surface area contributed by atoms with Crippen LogP contribution in [0.15, 0.2) is 0 Å². The molecule has 164 valence electrons. The van der Waals surface area contributed by atoms with Crippen molar-refractivity contribution in [3.63, 3.8) is 0 Å². The van der Waals surface area contributed by atoms with Crippen LogP contribution in [-0.4, -0.2) is 10.4 Å². The molecular formula is C22H44Cl3ISi. The van der Waals surface area contributed by atoms with Crippen LogP contribution < -0.4 is 0 Å². The molecule has 0 saturated heterocycles. The van der Waals surface area contributed by atoms with Gasteiger partial charge in [0.05, 0.1) is 0 Å². The quantitative estimate of drug-likeness (QED) is 0.0400. The number of alkyl halides is 1. The molecule has 0 aliphatic carbocycles. The Hall–Kier alpha value is 1.82. The summed E-state index contributed by atoms with van der Waals surface area (Å²) in [6, 6.07) is -1.53. The van der Waals surface area contributed by atoms with E-state index < -0.39 is 6.00 Å². The fraction of sp³-hybridized carbons (Fsp3) is 1.00. The molecule has 0 bridgehead atoms. The summed E-state index contributed by atoms with van der Waals surface area (Å²) in [6.45, 7) is 0. The summed E-state index contributed by atoms with van der Waals surface area (Å²) in [5.41, 5.74) is 0. The van der Waals surface area contributed by atoms with Crippen molar-refractivity contribution >= 4 is 61.8 Å². The van der Waals surface area contributed by atoms with Gasteiger partial charge < -0.3 is 0 Å². The van der Waals surface area contributed by atoms with E-state index in [4.69, 9.17) is 33.2 Å². The second kappa shape index (κ2) is 22.5. The highest BCUT2D eigenvalue weighted by atomic mass is 127. The lowest BCUT2D eigenvalue weighted by Gasteiger charge is -2.07. The third-order valence-corrected chi connectivity index (χ3v) is 8.73. The van der Waals surface area contributed by atoms with Crippen LogP contribution in [0.1, 0.15) is 128 Å². The SMILES string of the molecule is Cl[Si](Cl)(Cl)CCCCCCCCCCCCCCCCCCCCCCI. The molecule has 0 unspecified atom stereocenters. The number of hydrogen-bond donors (Lipinski definition) is 0. The maximum atomic E-state index is 5.89. The molecule has 0 spiro atoms. The van der Waals surface area contributed by atoms with Gasteiger partial charge in [-0.3, -0.25) is 0 Å². The Morgan fingerprint density at radius 3 is 0.815 bits per heavy atom. The van der Waals surface area contributed by atoms with E-state index in [-0.39, 0.29) is 0 Å². The highest BCUT2D eigenvalue weighted by molar-refractivity contribution is 14.1. The van der Waals surface area contributed by atoms with Crippen molar-refractivity contribution in [2.45, 2.75) is 134 Å². The highest BCUT2D eigenvalue weighted by Crippen LogP contribution is 2.27. The molecule has 5 heteroatoms. The van der Waals surface area contributed by atoms with E-state index in [1.54, 1.807) is 0 Å². The molecule has 0 aliphatic heterocycles. The minimum Gasteiger partial charge on any atom is -0.126 e. The predicted molar refractivity (Wildman–Crippen MR) is 139 cm³/mol. The van der Waals surface area contributed by atoms with Crippen molar-refractivity contribution in [3.8, 4) is 0 Å². The molecular weight excluding hydrogens is 526 g/mol. The Morgan fingerprint density at radius 2 is 0.593 bits per heavy atom. The molecule has 0 aromatic rings. The maximum Gasteiger partial charge on any atom is 0.341 e. The van der Waals surface area contributed by atoms with E-state index >= 15 is 0 Å². The maximum absolute atomic E-state index is 5.89. The standard InChI is InChI=1S/C22H44Cl3ISi/c23-27(24,25)22-20-18-16-14-12-10-8-6-4-2-1-3-5-7-9-11-13-15-17-19-21-26/h1-22H2. The predicted octanol–water partition coefficient (Wildman–Crippen LogP) is 10.9. The van der Waals surface area contributed by atoms with Crippen molar-refractivity contribution < 1.29 is 0 Å². The number of hydrogen-bond acceptors (Lipinski definition) is 0. The number of rotatable bonds is 22. The normalized spacial score (nSPS) is 12.0. The summed E-state index contributed by atoms with van der Waals surface area (Å²) in [4.78, 5) is 0. The van der Waals surface area contributed by atoms with Gasteiger partial charge >= 0.3 is 6.00 Å². The fourth-order valence-corrected chi connectivity index (χ4v) is 5.99. The fourth-order valence-electron chi connectivity index (χ4n) is 3.60. The topological polar surface area (TPSA) is 0 Å². The monoisotopic (exact) mass is 568 g/mol. The van der Waals surface area contributed by atoms with E-state index in [2.05, 4.69) is 22.6 Å². The van der Waals surface area contributed by atoms with E-state index in [9.17, 15) is 0 Å². The van der Waals surface area contributed by atoms with Crippen LogP contribution in [0.3, 0.4) is 0 Å². The molecule has 0 nitrogen and oxygen atoms in total. The van der Waals surface area contributed by atoms with Gasteiger partial charge in [0.15, 0.2) is 0 Å². The molecule has 0 radical (unpaired) electrons. The van der Waals surface area contributed by atoms with Gasteiger partial charge in [0.2, 0.25) is 0 Å². The first-order chi connectivity index (χ1) is 13.1. The van der Waals surface area contributed by atoms with Gasteiger partial charge in [-0.1, -0.05) is 145 Å². The van der Waals surface area contributed by atoms with Crippen molar-refractivity contribution in [3.05, 3.63) is 0 Å². The minimum atomic E-state index is -2.36. The molecule has 0 heterocycles. The van der Waals surface area contributed by atoms with Crippen LogP contribution in [0.2, 0.25) is 6.04 Å². The second-order valence-corrected chi connectivity index (χ2v) is 18.5. The summed E-state index contributed by atoms with van der Waals surface area (Å²) in [7, 11) is 0. The average Bonchev–Trinajstić information content (AvgIpc) is 2.62. The summed E-state index contributed by atoms with van der Waals surface area (Å²) in [5, 5.41) is 0. The molecule has 27 heavy (non-hydrogen) atoms. The van der Waals surface area contributed by atoms with Crippen LogP contribution in [0.4, 0.5) is 0 Å². The molecule has 0 aromatic heterocycles. The molecule has 0 atom stereocenters. The molecule has 0 aliphatic rings. The second-order valence-electron chi connectivity index (χ2n) is 8.13. The summed E-state index contributed by atoms with van der Waals surface area (Å²) in [6.07, 6.45) is 28.2. The molecule has 0 N–H and O–H groups in total. The van der Waals surface area contributed by atoms with E-state index in [1.165, 1.54) is 126 Å². The van der Waals surface area contributed by atoms with Gasteiger partial charge in [-0.15, -0.1) is 33.2 Å². The lowest BCUT2D eigenvalue weighted by Crippen LogP contribution is -2.07. The molecule has 0 saturated carbocycles. The Balaban J connectivity index is 3.01. The van der Waals surface area contributed by atoms with Crippen molar-refractivity contribution in [2.75, 3.05) is 4.43 Å². The molecule has 0 amide bonds. The zero-order chi connectivity index (χ0) is 20.1. The average molecular weight is 570 g/mol. The van der Waals surface area contributed by atoms with Gasteiger partial charge in [0.25, 0.3) is 0 Å². The van der Waals surface area contributed by atoms with Crippen LogP contribution in [-0.2, 0) is 0 Å². The van der Waals surface area contributed by atoms with Crippen molar-refractivity contribution in [1.82, 2.24) is 0 Å². The van der Waals surface area contributed by atoms with E-state index in [1.807, 2.05) is 0 Å². The van der Waals surface area contributed by atoms with Gasteiger partial charge in [-0.25, -0.2) is 0 Å². The number of unbranched alkanes of at least 4 members (excludes halogenated alkanes) is 19. The van der Waals surface area contributed by atoms with Crippen LogP contribution in [0, 0.1) is 0 Å². The van der Waals surface area contributed by atoms with Gasteiger partial charge in [0, 0.05) is 0 Å². The molecule has 0 fully saturated rings. The van der Waals surface area contributed by atoms with Crippen molar-refractivity contribution in [2.24, 2.45) is 0 Å². The first-order valence-corrected chi connectivity index (χ1v) is 18.5. The van der Waals surface area contributed by atoms with Crippen LogP contribution in [0.25, 0.3) is 0 Å². The van der Waals surface area contributed by atoms with E-state index in [0.29, 0.717) is 0 Å². The first-order valence-electron chi connectivity index (χ1n) is 11.7. The zero-order valence-electron chi connectivity index (χ0n) is 17.6. The lowest BCUT2D eigenvalue weighted by atomic mass is 10.0. The lowest BCUT2D eigenvalue weighted by molar-refractivity contribution is 0.523. The minimum absolute atomic E-state index is 0.830. The largest absolute Gasteiger partial charge is 0.341 e. The van der Waals surface area contributed by atoms with Gasteiger partial charge in [-0.2, -0.15) is 0 Å². The highest BCUT2D eigenvalue weighted by Gasteiger charge is 2.23. The van der Waals surface area contributed by atoms with Crippen molar-refractivity contribution in [1.29, 1.82) is 0 Å². The summed E-state index contributed by atoms with van der Waals surface area (Å²) < 4.78 is 1.33. The molecule has 0 rings (SSSR count). The summed E-state index contributed by atoms with van der Waals surface area (Å²) >= 11 is 20.2. The zero-order valence-corrected chi connectivity index (χ0v) is 23.0. The van der Waals surface area contributed by atoms with Crippen LogP contribution in [0.5, 0.6) is 0 Å². The first kappa shape index (κ1) is 28.8. The third kappa shape index (κ3) is 27.8. The van der Waals surface area contributed by atoms with E-state index in [0.717, 1.165) is 12.5 Å². The number of halogens is 4. The van der Waals surface area contributed by atoms with Gasteiger partial charge in [-0.05, 0) is 16.9 Å². The molecule has 0 aromatic carbocycles. The third-order valence-electron chi connectivity index (χ3n) is 5.34. The summed E-state index contributed by atoms with van der Waals surface area (Å²) in [5.74, 6) is 0. The van der Waals surface area contributed by atoms with Gasteiger partial charge in [0.1, 0.15) is 0 Å².